The molecule has 1 atom stereocenters. The monoisotopic (exact) mass is 495 g/mol. The van der Waals surface area contributed by atoms with E-state index in [4.69, 9.17) is 17.3 Å². The van der Waals surface area contributed by atoms with Gasteiger partial charge in [-0.25, -0.2) is 13.8 Å². The largest absolute Gasteiger partial charge is 0.365 e. The van der Waals surface area contributed by atoms with Crippen molar-refractivity contribution in [2.24, 2.45) is 5.73 Å². The molecular weight excluding hydrogens is 480 g/mol. The number of nitrogens with zero attached hydrogens (tertiary/aromatic N) is 3. The van der Waals surface area contributed by atoms with E-state index in [2.05, 4.69) is 15.4 Å². The van der Waals surface area contributed by atoms with Gasteiger partial charge in [0.15, 0.2) is 0 Å². The van der Waals surface area contributed by atoms with Gasteiger partial charge >= 0.3 is 0 Å². The third kappa shape index (κ3) is 4.10. The first kappa shape index (κ1) is 22.3. The first-order chi connectivity index (χ1) is 15.2. The molecule has 0 saturated carbocycles. The number of fused-ring (bicyclic) bond motifs is 1. The zero-order chi connectivity index (χ0) is 23.2. The van der Waals surface area contributed by atoms with Crippen LogP contribution in [0.3, 0.4) is 0 Å². The number of carbonyl (C=O) groups is 2. The molecule has 4 rings (SSSR count). The molecule has 7 nitrogen and oxygen atoms in total. The molecule has 0 bridgehead atoms. The van der Waals surface area contributed by atoms with Gasteiger partial charge in [0.1, 0.15) is 21.4 Å². The maximum absolute atomic E-state index is 13.5. The van der Waals surface area contributed by atoms with Gasteiger partial charge < -0.3 is 11.1 Å². The van der Waals surface area contributed by atoms with Crippen LogP contribution in [0.2, 0.25) is 5.02 Å². The number of thiophene rings is 2. The van der Waals surface area contributed by atoms with Crippen LogP contribution in [0.15, 0.2) is 30.6 Å². The number of anilines is 1. The van der Waals surface area contributed by atoms with Crippen molar-refractivity contribution in [3.63, 3.8) is 0 Å². The molecule has 0 aliphatic carbocycles. The van der Waals surface area contributed by atoms with Crippen LogP contribution in [-0.4, -0.2) is 26.6 Å². The van der Waals surface area contributed by atoms with Crippen molar-refractivity contribution in [2.45, 2.75) is 26.3 Å². The Morgan fingerprint density at radius 3 is 2.59 bits per heavy atom. The Hall–Kier alpha value is -2.89. The van der Waals surface area contributed by atoms with E-state index in [1.807, 2.05) is 13.0 Å². The number of primary amides is 1. The highest BCUT2D eigenvalue weighted by atomic mass is 35.5. The summed E-state index contributed by atoms with van der Waals surface area (Å²) in [6.45, 7) is 3.50. The molecule has 4 aromatic rings. The van der Waals surface area contributed by atoms with Crippen LogP contribution in [0.25, 0.3) is 20.7 Å². The SMILES string of the molecule is Cc1ccc(-c2cc(C(F)F)nc3sc(C(N)=O)c(NC(=O)C(C)n4cc(Cl)cn4)c23)s1. The number of nitrogens with one attached hydrogen (secondary N) is 1. The van der Waals surface area contributed by atoms with Gasteiger partial charge in [-0.15, -0.1) is 22.7 Å². The molecule has 1 unspecified atom stereocenters. The first-order valence-corrected chi connectivity index (χ1v) is 11.3. The zero-order valence-electron chi connectivity index (χ0n) is 16.7. The highest BCUT2D eigenvalue weighted by molar-refractivity contribution is 7.21. The Balaban J connectivity index is 1.89. The van der Waals surface area contributed by atoms with Crippen molar-refractivity contribution in [1.82, 2.24) is 14.8 Å². The lowest BCUT2D eigenvalue weighted by Crippen LogP contribution is -2.25. The predicted molar refractivity (Wildman–Crippen MR) is 122 cm³/mol. The highest BCUT2D eigenvalue weighted by Gasteiger charge is 2.27. The number of hydrogen-bond acceptors (Lipinski definition) is 6. The average Bonchev–Trinajstić information content (AvgIpc) is 3.45. The second kappa shape index (κ2) is 8.57. The van der Waals surface area contributed by atoms with Crippen molar-refractivity contribution in [1.29, 1.82) is 0 Å². The van der Waals surface area contributed by atoms with Gasteiger partial charge in [0.25, 0.3) is 12.3 Å². The number of pyridine rings is 1. The minimum atomic E-state index is -2.80. The van der Waals surface area contributed by atoms with Crippen molar-refractivity contribution in [3.8, 4) is 10.4 Å². The Bertz CT molecular complexity index is 1350. The molecule has 0 aromatic carbocycles. The number of nitrogens with two attached hydrogens (primary N) is 1. The van der Waals surface area contributed by atoms with Crippen LogP contribution >= 0.6 is 34.3 Å². The van der Waals surface area contributed by atoms with Gasteiger partial charge in [0.2, 0.25) is 5.91 Å². The Morgan fingerprint density at radius 2 is 2.03 bits per heavy atom. The molecule has 0 saturated heterocycles. The molecule has 0 aliphatic rings. The van der Waals surface area contributed by atoms with E-state index in [-0.39, 0.29) is 15.4 Å². The lowest BCUT2D eigenvalue weighted by molar-refractivity contribution is -0.119. The summed E-state index contributed by atoms with van der Waals surface area (Å²) >= 11 is 8.15. The summed E-state index contributed by atoms with van der Waals surface area (Å²) in [6, 6.07) is 4.17. The number of rotatable bonds is 6. The van der Waals surface area contributed by atoms with Crippen LogP contribution in [-0.2, 0) is 4.79 Å². The fraction of sp³-hybridized carbons (Fsp3) is 0.200. The van der Waals surface area contributed by atoms with Gasteiger partial charge in [0.05, 0.1) is 16.9 Å². The van der Waals surface area contributed by atoms with Gasteiger partial charge in [0, 0.05) is 26.9 Å². The van der Waals surface area contributed by atoms with Crippen LogP contribution < -0.4 is 11.1 Å². The van der Waals surface area contributed by atoms with E-state index >= 15 is 0 Å². The summed E-state index contributed by atoms with van der Waals surface area (Å²) in [7, 11) is 0. The number of carbonyl (C=O) groups excluding carboxylic acids is 2. The highest BCUT2D eigenvalue weighted by Crippen LogP contribution is 2.44. The Labute approximate surface area is 193 Å². The molecule has 166 valence electrons. The van der Waals surface area contributed by atoms with Gasteiger partial charge in [-0.1, -0.05) is 11.6 Å². The quantitative estimate of drug-likeness (QED) is 0.372. The lowest BCUT2D eigenvalue weighted by Gasteiger charge is -2.14. The minimum Gasteiger partial charge on any atom is -0.365 e. The number of aromatic nitrogens is 3. The molecule has 32 heavy (non-hydrogen) atoms. The van der Waals surface area contributed by atoms with Crippen molar-refractivity contribution < 1.29 is 18.4 Å². The van der Waals surface area contributed by atoms with Crippen molar-refractivity contribution in [3.05, 3.63) is 51.1 Å². The molecule has 12 heteroatoms. The Morgan fingerprint density at radius 1 is 1.28 bits per heavy atom. The molecular formula is C20H16ClF2N5O2S2. The van der Waals surface area contributed by atoms with E-state index in [1.54, 1.807) is 13.0 Å². The summed E-state index contributed by atoms with van der Waals surface area (Å²) < 4.78 is 28.4. The summed E-state index contributed by atoms with van der Waals surface area (Å²) in [5, 5.41) is 7.50. The second-order valence-corrected chi connectivity index (χ2v) is 9.68. The lowest BCUT2D eigenvalue weighted by atomic mass is 10.1. The van der Waals surface area contributed by atoms with Gasteiger partial charge in [-0.05, 0) is 32.0 Å². The minimum absolute atomic E-state index is 0.0208. The summed E-state index contributed by atoms with van der Waals surface area (Å²) in [5.41, 5.74) is 5.71. The zero-order valence-corrected chi connectivity index (χ0v) is 19.1. The molecule has 4 aromatic heterocycles. The standard InChI is InChI=1S/C20H16ClF2N5O2S2/c1-8-3-4-13(31-8)11-5-12(17(22)23)26-20-14(11)15(16(32-20)18(24)29)27-19(30)9(2)28-7-10(21)6-25-28/h3-7,9,17H,1-2H3,(H2,24,29)(H,27,30). The maximum Gasteiger partial charge on any atom is 0.280 e. The molecule has 0 fully saturated rings. The summed E-state index contributed by atoms with van der Waals surface area (Å²) in [4.78, 5) is 31.0. The van der Waals surface area contributed by atoms with E-state index in [0.717, 1.165) is 16.2 Å². The second-order valence-electron chi connectivity index (χ2n) is 6.96. The molecule has 4 heterocycles. The molecule has 3 N–H and O–H groups in total. The van der Waals surface area contributed by atoms with Crippen LogP contribution in [0.1, 0.15) is 39.6 Å². The fourth-order valence-electron chi connectivity index (χ4n) is 3.17. The molecule has 0 aliphatic heterocycles. The van der Waals surface area contributed by atoms with Crippen LogP contribution in [0.4, 0.5) is 14.5 Å². The third-order valence-electron chi connectivity index (χ3n) is 4.73. The topological polar surface area (TPSA) is 103 Å². The van der Waals surface area contributed by atoms with Gasteiger partial charge in [-0.2, -0.15) is 5.10 Å². The van der Waals surface area contributed by atoms with Crippen molar-refractivity contribution >= 4 is 62.0 Å². The predicted octanol–water partition coefficient (Wildman–Crippen LogP) is 5.42. The normalized spacial score (nSPS) is 12.4. The van der Waals surface area contributed by atoms with Crippen LogP contribution in [0, 0.1) is 6.92 Å². The van der Waals surface area contributed by atoms with Crippen molar-refractivity contribution in [2.75, 3.05) is 5.32 Å². The number of aryl methyl sites for hydroxylation is 1. The number of halogens is 3. The summed E-state index contributed by atoms with van der Waals surface area (Å²) in [5.74, 6) is -1.29. The van der Waals surface area contributed by atoms with Gasteiger partial charge in [-0.3, -0.25) is 14.3 Å². The number of amides is 2. The number of alkyl halides is 2. The van der Waals surface area contributed by atoms with E-state index in [1.165, 1.54) is 34.5 Å². The average molecular weight is 496 g/mol. The smallest absolute Gasteiger partial charge is 0.280 e. The molecule has 0 radical (unpaired) electrons. The fourth-order valence-corrected chi connectivity index (χ4v) is 5.22. The first-order valence-electron chi connectivity index (χ1n) is 9.28. The van der Waals surface area contributed by atoms with E-state index in [0.29, 0.717) is 20.8 Å². The Kier molecular flexibility index (Phi) is 5.97. The third-order valence-corrected chi connectivity index (χ3v) is 7.06. The van der Waals surface area contributed by atoms with Crippen LogP contribution in [0.5, 0.6) is 0 Å². The number of hydrogen-bond donors (Lipinski definition) is 2. The maximum atomic E-state index is 13.5. The molecule has 2 amide bonds. The van der Waals surface area contributed by atoms with E-state index < -0.39 is 30.0 Å². The van der Waals surface area contributed by atoms with E-state index in [9.17, 15) is 18.4 Å². The molecule has 0 spiro atoms. The summed E-state index contributed by atoms with van der Waals surface area (Å²) in [6.07, 6.45) is 0.0803.